The molecule has 3 saturated heterocycles. The highest BCUT2D eigenvalue weighted by Gasteiger charge is 2.41. The van der Waals surface area contributed by atoms with E-state index in [0.717, 1.165) is 46.3 Å². The molecule has 1 unspecified atom stereocenters. The molecule has 0 radical (unpaired) electrons. The van der Waals surface area contributed by atoms with Crippen molar-refractivity contribution >= 4 is 46.2 Å². The molecule has 71 heavy (non-hydrogen) atoms. The number of methoxy groups -OCH3 is 2. The Kier molecular flexibility index (Phi) is 12.6. The summed E-state index contributed by atoms with van der Waals surface area (Å²) in [7, 11) is 2.57. The lowest BCUT2D eigenvalue weighted by molar-refractivity contribution is -0.137. The number of fused-ring (bicyclic) bond motifs is 5. The molecule has 4 fully saturated rings. The second kappa shape index (κ2) is 19.1. The van der Waals surface area contributed by atoms with Gasteiger partial charge in [0.1, 0.15) is 35.3 Å². The summed E-state index contributed by atoms with van der Waals surface area (Å²) >= 11 is 1.73. The van der Waals surface area contributed by atoms with E-state index >= 15 is 4.39 Å². The van der Waals surface area contributed by atoms with Gasteiger partial charge in [0.25, 0.3) is 0 Å². The first-order chi connectivity index (χ1) is 34.5. The van der Waals surface area contributed by atoms with Crippen molar-refractivity contribution < 1.29 is 42.5 Å². The van der Waals surface area contributed by atoms with Crippen molar-refractivity contribution in [2.45, 2.75) is 102 Å². The molecule has 1 saturated carbocycles. The van der Waals surface area contributed by atoms with Gasteiger partial charge < -0.3 is 49.3 Å². The third kappa shape index (κ3) is 8.80. The van der Waals surface area contributed by atoms with Crippen molar-refractivity contribution in [3.8, 4) is 39.5 Å². The number of alkyl carbamates (subject to hydrolysis) is 2. The number of hydrogen-bond donors (Lipinski definition) is 4. The number of ether oxygens (including phenoxy) is 4. The van der Waals surface area contributed by atoms with Crippen molar-refractivity contribution in [2.24, 2.45) is 11.8 Å². The van der Waals surface area contributed by atoms with E-state index in [9.17, 15) is 19.2 Å². The Balaban J connectivity index is 0.896. The van der Waals surface area contributed by atoms with Gasteiger partial charge >= 0.3 is 12.2 Å². The number of rotatable bonds is 12. The summed E-state index contributed by atoms with van der Waals surface area (Å²) < 4.78 is 41.2. The molecule has 4 aliphatic heterocycles. The topological polar surface area (TPSA) is 198 Å². The van der Waals surface area contributed by atoms with Crippen LogP contribution < -0.4 is 15.4 Å². The van der Waals surface area contributed by atoms with E-state index in [4.69, 9.17) is 28.9 Å². The predicted octanol–water partition coefficient (Wildman–Crippen LogP) is 8.96. The molecule has 0 spiro atoms. The van der Waals surface area contributed by atoms with Gasteiger partial charge in [-0.15, -0.1) is 11.3 Å². The largest absolute Gasteiger partial charge is 0.464 e. The number of carbonyl (C=O) groups excluding carboxylic acids is 4. The van der Waals surface area contributed by atoms with Gasteiger partial charge in [0.05, 0.1) is 71.7 Å². The Morgan fingerprint density at radius 1 is 0.775 bits per heavy atom. The van der Waals surface area contributed by atoms with Crippen LogP contribution in [0.5, 0.6) is 5.75 Å². The summed E-state index contributed by atoms with van der Waals surface area (Å²) in [5, 5.41) is 6.40. The molecular weight excluding hydrogens is 930 g/mol. The van der Waals surface area contributed by atoms with Gasteiger partial charge in [0, 0.05) is 47.7 Å². The van der Waals surface area contributed by atoms with Gasteiger partial charge in [-0.2, -0.15) is 0 Å². The Bertz CT molecular complexity index is 3010. The van der Waals surface area contributed by atoms with Crippen LogP contribution in [0.4, 0.5) is 14.0 Å². The zero-order chi connectivity index (χ0) is 49.1. The Morgan fingerprint density at radius 3 is 2.08 bits per heavy atom. The molecule has 19 heteroatoms. The molecule has 8 heterocycles. The normalized spacial score (nSPS) is 20.9. The molecule has 5 aliphatic rings. The van der Waals surface area contributed by atoms with Gasteiger partial charge in [0.15, 0.2) is 0 Å². The van der Waals surface area contributed by atoms with E-state index in [1.54, 1.807) is 28.6 Å². The Labute approximate surface area is 413 Å². The van der Waals surface area contributed by atoms with Crippen LogP contribution in [0.2, 0.25) is 0 Å². The quantitative estimate of drug-likeness (QED) is 0.0918. The maximum Gasteiger partial charge on any atom is 0.407 e. The molecule has 0 bridgehead atoms. The number of hydrogen-bond acceptors (Lipinski definition) is 11. The molecule has 5 atom stereocenters. The number of aromatic amines is 2. The summed E-state index contributed by atoms with van der Waals surface area (Å²) in [6.45, 7) is 5.86. The Morgan fingerprint density at radius 2 is 1.42 bits per heavy atom. The smallest absolute Gasteiger partial charge is 0.407 e. The fourth-order valence-electron chi connectivity index (χ4n) is 11.0. The molecule has 1 aliphatic carbocycles. The minimum atomic E-state index is -0.769. The van der Waals surface area contributed by atoms with E-state index < -0.39 is 36.3 Å². The first kappa shape index (κ1) is 46.6. The highest BCUT2D eigenvalue weighted by Crippen LogP contribution is 2.50. The molecule has 17 nitrogen and oxygen atoms in total. The van der Waals surface area contributed by atoms with Crippen molar-refractivity contribution in [1.29, 1.82) is 0 Å². The first-order valence-corrected chi connectivity index (χ1v) is 25.5. The van der Waals surface area contributed by atoms with E-state index in [1.165, 1.54) is 38.0 Å². The second-order valence-corrected chi connectivity index (χ2v) is 20.8. The van der Waals surface area contributed by atoms with Crippen molar-refractivity contribution in [1.82, 2.24) is 44.9 Å². The number of imidazole rings is 2. The van der Waals surface area contributed by atoms with Crippen LogP contribution in [0.1, 0.15) is 111 Å². The number of carbonyl (C=O) groups is 4. The number of thiophene rings is 1. The van der Waals surface area contributed by atoms with Crippen molar-refractivity contribution in [2.75, 3.05) is 40.5 Å². The maximum absolute atomic E-state index is 17.0. The average molecular weight is 988 g/mol. The van der Waals surface area contributed by atoms with Crippen LogP contribution in [0.3, 0.4) is 0 Å². The number of halogens is 1. The van der Waals surface area contributed by atoms with E-state index in [0.29, 0.717) is 91.4 Å². The van der Waals surface area contributed by atoms with Gasteiger partial charge in [0.2, 0.25) is 18.0 Å². The van der Waals surface area contributed by atoms with Gasteiger partial charge in [-0.1, -0.05) is 19.9 Å². The monoisotopic (exact) mass is 987 g/mol. The summed E-state index contributed by atoms with van der Waals surface area (Å²) in [4.78, 5) is 75.0. The SMILES string of the molecule is COC(=O)N[C@H](C(=O)N1CCC[C@H]1c1ncc(-c2cc(F)c3c(c2)OC(c2ccc(C4CC4)s2)n2c-3cc3cc(-c4cnc([C@@H]5CCCN5C(=O)[C@@H](NC(=O)OC)C5CCOCC5)[nH]4)ccc32)[nH]1)C(C)C. The second-order valence-electron chi connectivity index (χ2n) is 19.7. The molecule has 6 aromatic rings. The van der Waals surface area contributed by atoms with Crippen LogP contribution in [0.15, 0.2) is 60.9 Å². The van der Waals surface area contributed by atoms with Crippen LogP contribution >= 0.6 is 11.3 Å². The average Bonchev–Trinajstić information content (AvgIpc) is 4.11. The highest BCUT2D eigenvalue weighted by atomic mass is 32.1. The summed E-state index contributed by atoms with van der Waals surface area (Å²) in [5.74, 6) is 1.14. The van der Waals surface area contributed by atoms with Crippen LogP contribution in [-0.2, 0) is 23.8 Å². The van der Waals surface area contributed by atoms with E-state index in [1.807, 2.05) is 43.0 Å². The highest BCUT2D eigenvalue weighted by molar-refractivity contribution is 7.12. The van der Waals surface area contributed by atoms with E-state index in [2.05, 4.69) is 43.4 Å². The first-order valence-electron chi connectivity index (χ1n) is 24.7. The third-order valence-corrected chi connectivity index (χ3v) is 16.1. The lowest BCUT2D eigenvalue weighted by atomic mass is 9.90. The molecule has 2 aromatic carbocycles. The number of H-pyrrole nitrogens is 2. The molecule has 4 N–H and O–H groups in total. The zero-order valence-electron chi connectivity index (χ0n) is 40.2. The van der Waals surface area contributed by atoms with Crippen molar-refractivity contribution in [3.63, 3.8) is 0 Å². The maximum atomic E-state index is 17.0. The van der Waals surface area contributed by atoms with Crippen LogP contribution in [-0.4, -0.2) is 111 Å². The lowest BCUT2D eigenvalue weighted by Gasteiger charge is -2.34. The number of nitrogens with one attached hydrogen (secondary N) is 4. The summed E-state index contributed by atoms with van der Waals surface area (Å²) in [6, 6.07) is 13.7. The molecule has 4 aromatic heterocycles. The molecule has 372 valence electrons. The summed E-state index contributed by atoms with van der Waals surface area (Å²) in [5.41, 5.74) is 4.70. The van der Waals surface area contributed by atoms with Crippen LogP contribution in [0.25, 0.3) is 44.7 Å². The third-order valence-electron chi connectivity index (χ3n) is 14.9. The number of nitrogens with zero attached hydrogens (tertiary/aromatic N) is 5. The minimum Gasteiger partial charge on any atom is -0.464 e. The molecular formula is C52H58FN9O8S. The molecule has 11 rings (SSSR count). The fourth-order valence-corrected chi connectivity index (χ4v) is 12.2. The van der Waals surface area contributed by atoms with E-state index in [-0.39, 0.29) is 35.7 Å². The number of amides is 4. The zero-order valence-corrected chi connectivity index (χ0v) is 41.0. The van der Waals surface area contributed by atoms with Crippen LogP contribution in [0, 0.1) is 17.7 Å². The fraction of sp³-hybridized carbons (Fsp3) is 0.462. The Hall–Kier alpha value is -6.73. The minimum absolute atomic E-state index is 0.0718. The molecule has 4 amide bonds. The van der Waals surface area contributed by atoms with Gasteiger partial charge in [-0.3, -0.25) is 14.2 Å². The standard InChI is InChI=1S/C52H58FN9O8S/c1-27(2)44(58-51(65)67-3)48(63)60-17-5-7-37(60)47-55-26-35(57-47)31-22-33(53)43-39-23-32-21-30(11-12-36(32)62(39)50(70-40(43)24-31)42-14-13-41(71-42)28-9-10-28)34-25-54-46(56-34)38-8-6-18-61(38)49(64)45(59-52(66)68-4)29-15-19-69-20-16-29/h11-14,21-29,37-38,44-45,50H,5-10,15-20H2,1-4H3,(H,54,56)(H,55,57)(H,58,65)(H,59,66)/t37-,38-,44-,45-,50?/m0/s1. The number of benzene rings is 2. The predicted molar refractivity (Wildman–Crippen MR) is 262 cm³/mol. The summed E-state index contributed by atoms with van der Waals surface area (Å²) in [6.07, 6.45) is 8.19. The van der Waals surface area contributed by atoms with Crippen molar-refractivity contribution in [3.05, 3.63) is 88.1 Å². The number of likely N-dealkylation sites (tertiary alicyclic amines) is 2. The van der Waals surface area contributed by atoms with Gasteiger partial charge in [-0.05, 0) is 112 Å². The number of aromatic nitrogens is 5. The van der Waals surface area contributed by atoms with Gasteiger partial charge in [-0.25, -0.2) is 23.9 Å². The lowest BCUT2D eigenvalue weighted by Crippen LogP contribution is -2.53.